The number of likely N-dealkylation sites (N-methyl/N-ethyl adjacent to an activating group) is 1. The van der Waals surface area contributed by atoms with Crippen molar-refractivity contribution in [3.8, 4) is 0 Å². The number of fused-ring (bicyclic) bond motifs is 1. The number of nitrogens with zero attached hydrogens (tertiary/aromatic N) is 4. The van der Waals surface area contributed by atoms with Gasteiger partial charge in [0.25, 0.3) is 5.91 Å². The molecule has 2 aromatic carbocycles. The number of sulfonamides is 1. The number of hydrogen-bond acceptors (Lipinski definition) is 7. The molecule has 0 atom stereocenters. The predicted octanol–water partition coefficient (Wildman–Crippen LogP) is 1.41. The van der Waals surface area contributed by atoms with Crippen molar-refractivity contribution < 1.29 is 13.2 Å². The van der Waals surface area contributed by atoms with E-state index >= 15 is 0 Å². The number of anilines is 2. The number of carbonyl (C=O) groups is 1. The van der Waals surface area contributed by atoms with E-state index in [1.807, 2.05) is 18.0 Å². The summed E-state index contributed by atoms with van der Waals surface area (Å²) in [7, 11) is -1.70. The molecule has 10 heteroatoms. The minimum Gasteiger partial charge on any atom is -0.336 e. The Balaban J connectivity index is 1.55. The van der Waals surface area contributed by atoms with E-state index in [1.54, 1.807) is 30.5 Å². The second kappa shape index (κ2) is 7.98. The molecule has 0 aliphatic carbocycles. The Morgan fingerprint density at radius 2 is 1.77 bits per heavy atom. The van der Waals surface area contributed by atoms with Gasteiger partial charge in [0, 0.05) is 49.0 Å². The Morgan fingerprint density at radius 3 is 2.43 bits per heavy atom. The second-order valence-electron chi connectivity index (χ2n) is 7.26. The monoisotopic (exact) mass is 426 g/mol. The van der Waals surface area contributed by atoms with Crippen LogP contribution in [0.2, 0.25) is 0 Å². The van der Waals surface area contributed by atoms with Gasteiger partial charge in [0.1, 0.15) is 0 Å². The van der Waals surface area contributed by atoms with E-state index in [0.29, 0.717) is 35.8 Å². The molecule has 1 aromatic heterocycles. The molecule has 0 spiro atoms. The third-order valence-corrected chi connectivity index (χ3v) is 5.99. The van der Waals surface area contributed by atoms with Crippen molar-refractivity contribution in [3.05, 3.63) is 54.2 Å². The van der Waals surface area contributed by atoms with E-state index in [2.05, 4.69) is 20.2 Å². The van der Waals surface area contributed by atoms with Crippen molar-refractivity contribution in [2.24, 2.45) is 5.14 Å². The standard InChI is InChI=1S/C20H22N6O3S/c1-25-8-10-26(11-9-25)19(27)14-2-3-15-13-22-20(24-18(15)12-14)23-16-4-6-17(7-5-16)30(21,28)29/h2-7,12-13H,8-11H2,1H3,(H2,21,28,29)(H,22,23,24). The summed E-state index contributed by atoms with van der Waals surface area (Å²) in [5.74, 6) is 0.340. The van der Waals surface area contributed by atoms with Gasteiger partial charge < -0.3 is 15.1 Å². The molecule has 0 radical (unpaired) electrons. The second-order valence-corrected chi connectivity index (χ2v) is 8.82. The molecule has 0 bridgehead atoms. The zero-order valence-corrected chi connectivity index (χ0v) is 17.3. The number of primary sulfonamides is 1. The van der Waals surface area contributed by atoms with Crippen molar-refractivity contribution in [3.63, 3.8) is 0 Å². The third kappa shape index (κ3) is 4.40. The molecule has 1 amide bonds. The fourth-order valence-corrected chi connectivity index (χ4v) is 3.78. The average Bonchev–Trinajstić information content (AvgIpc) is 2.73. The van der Waals surface area contributed by atoms with Gasteiger partial charge in [-0.1, -0.05) is 6.07 Å². The number of piperazine rings is 1. The molecule has 3 N–H and O–H groups in total. The topological polar surface area (TPSA) is 122 Å². The zero-order valence-electron chi connectivity index (χ0n) is 16.4. The van der Waals surface area contributed by atoms with E-state index in [4.69, 9.17) is 5.14 Å². The summed E-state index contributed by atoms with van der Waals surface area (Å²) in [6.45, 7) is 3.14. The first-order chi connectivity index (χ1) is 14.3. The molecule has 1 aliphatic rings. The maximum absolute atomic E-state index is 12.8. The number of benzene rings is 2. The molecule has 156 valence electrons. The molecule has 0 saturated carbocycles. The number of nitrogens with two attached hydrogens (primary N) is 1. The lowest BCUT2D eigenvalue weighted by molar-refractivity contribution is 0.0664. The normalized spacial score (nSPS) is 15.3. The largest absolute Gasteiger partial charge is 0.336 e. The Kier molecular flexibility index (Phi) is 5.37. The number of rotatable bonds is 4. The minimum absolute atomic E-state index is 0.00305. The number of amides is 1. The number of carbonyl (C=O) groups excluding carboxylic acids is 1. The summed E-state index contributed by atoms with van der Waals surface area (Å²) >= 11 is 0. The lowest BCUT2D eigenvalue weighted by atomic mass is 10.1. The highest BCUT2D eigenvalue weighted by Crippen LogP contribution is 2.20. The van der Waals surface area contributed by atoms with Gasteiger partial charge in [-0.25, -0.2) is 23.5 Å². The third-order valence-electron chi connectivity index (χ3n) is 5.06. The molecule has 3 aromatic rings. The lowest BCUT2D eigenvalue weighted by Gasteiger charge is -2.32. The van der Waals surface area contributed by atoms with Crippen LogP contribution in [0.25, 0.3) is 10.9 Å². The first-order valence-electron chi connectivity index (χ1n) is 9.44. The summed E-state index contributed by atoms with van der Waals surface area (Å²) in [4.78, 5) is 25.7. The van der Waals surface area contributed by atoms with Crippen LogP contribution in [0.15, 0.2) is 53.6 Å². The summed E-state index contributed by atoms with van der Waals surface area (Å²) in [6.07, 6.45) is 1.67. The first kappa shape index (κ1) is 20.2. The van der Waals surface area contributed by atoms with Crippen LogP contribution in [0.4, 0.5) is 11.6 Å². The zero-order chi connectivity index (χ0) is 21.3. The van der Waals surface area contributed by atoms with Gasteiger partial charge in [-0.05, 0) is 43.4 Å². The fraction of sp³-hybridized carbons (Fsp3) is 0.250. The Bertz CT molecular complexity index is 1190. The molecule has 1 fully saturated rings. The van der Waals surface area contributed by atoms with Crippen molar-refractivity contribution in [1.29, 1.82) is 0 Å². The van der Waals surface area contributed by atoms with Crippen molar-refractivity contribution >= 4 is 38.5 Å². The van der Waals surface area contributed by atoms with Crippen molar-refractivity contribution in [2.75, 3.05) is 38.5 Å². The highest BCUT2D eigenvalue weighted by Gasteiger charge is 2.20. The lowest BCUT2D eigenvalue weighted by Crippen LogP contribution is -2.47. The van der Waals surface area contributed by atoms with Crippen molar-refractivity contribution in [1.82, 2.24) is 19.8 Å². The van der Waals surface area contributed by atoms with Gasteiger partial charge in [0.05, 0.1) is 10.4 Å². The Labute approximate surface area is 174 Å². The first-order valence-corrected chi connectivity index (χ1v) is 11.0. The number of nitrogens with one attached hydrogen (secondary N) is 1. The molecule has 1 aliphatic heterocycles. The SMILES string of the molecule is CN1CCN(C(=O)c2ccc3cnc(Nc4ccc(S(N)(=O)=O)cc4)nc3c2)CC1. The van der Waals surface area contributed by atoms with E-state index in [9.17, 15) is 13.2 Å². The summed E-state index contributed by atoms with van der Waals surface area (Å²) < 4.78 is 22.7. The van der Waals surface area contributed by atoms with Crippen LogP contribution in [0.5, 0.6) is 0 Å². The Morgan fingerprint density at radius 1 is 1.07 bits per heavy atom. The van der Waals surface area contributed by atoms with Crippen LogP contribution < -0.4 is 10.5 Å². The molecule has 1 saturated heterocycles. The smallest absolute Gasteiger partial charge is 0.254 e. The van der Waals surface area contributed by atoms with Crippen LogP contribution in [-0.2, 0) is 10.0 Å². The van der Waals surface area contributed by atoms with Crippen LogP contribution in [-0.4, -0.2) is 67.3 Å². The van der Waals surface area contributed by atoms with Gasteiger partial charge in [-0.3, -0.25) is 4.79 Å². The van der Waals surface area contributed by atoms with Crippen LogP contribution in [0.1, 0.15) is 10.4 Å². The highest BCUT2D eigenvalue weighted by molar-refractivity contribution is 7.89. The summed E-state index contributed by atoms with van der Waals surface area (Å²) in [5.41, 5.74) is 1.86. The van der Waals surface area contributed by atoms with Crippen molar-refractivity contribution in [2.45, 2.75) is 4.90 Å². The van der Waals surface area contributed by atoms with Gasteiger partial charge in [-0.15, -0.1) is 0 Å². The molecular formula is C20H22N6O3S. The summed E-state index contributed by atoms with van der Waals surface area (Å²) in [5, 5.41) is 8.97. The quantitative estimate of drug-likeness (QED) is 0.647. The van der Waals surface area contributed by atoms with E-state index in [1.165, 1.54) is 12.1 Å². The van der Waals surface area contributed by atoms with E-state index < -0.39 is 10.0 Å². The van der Waals surface area contributed by atoms with Crippen LogP contribution >= 0.6 is 0 Å². The molecule has 0 unspecified atom stereocenters. The van der Waals surface area contributed by atoms with Crippen LogP contribution in [0, 0.1) is 0 Å². The number of aromatic nitrogens is 2. The van der Waals surface area contributed by atoms with Gasteiger partial charge >= 0.3 is 0 Å². The molecule has 4 rings (SSSR count). The summed E-state index contributed by atoms with van der Waals surface area (Å²) in [6, 6.07) is 11.4. The molecule has 30 heavy (non-hydrogen) atoms. The van der Waals surface area contributed by atoms with Gasteiger partial charge in [0.15, 0.2) is 0 Å². The maximum atomic E-state index is 12.8. The maximum Gasteiger partial charge on any atom is 0.254 e. The molecular weight excluding hydrogens is 404 g/mol. The molecule has 9 nitrogen and oxygen atoms in total. The number of hydrogen-bond donors (Lipinski definition) is 2. The predicted molar refractivity (Wildman–Crippen MR) is 114 cm³/mol. The Hall–Kier alpha value is -3.08. The van der Waals surface area contributed by atoms with Gasteiger partial charge in [-0.2, -0.15) is 0 Å². The van der Waals surface area contributed by atoms with E-state index in [0.717, 1.165) is 18.5 Å². The van der Waals surface area contributed by atoms with E-state index in [-0.39, 0.29) is 10.8 Å². The fourth-order valence-electron chi connectivity index (χ4n) is 3.27. The highest BCUT2D eigenvalue weighted by atomic mass is 32.2. The minimum atomic E-state index is -3.74. The van der Waals surface area contributed by atoms with Crippen LogP contribution in [0.3, 0.4) is 0 Å². The average molecular weight is 427 g/mol. The van der Waals surface area contributed by atoms with Gasteiger partial charge in [0.2, 0.25) is 16.0 Å². The molecule has 2 heterocycles.